The number of piperidine rings is 1. The van der Waals surface area contributed by atoms with E-state index in [0.29, 0.717) is 19.1 Å². The van der Waals surface area contributed by atoms with Gasteiger partial charge < -0.3 is 10.1 Å². The molecule has 0 spiro atoms. The maximum atomic E-state index is 11.6. The van der Waals surface area contributed by atoms with Crippen LogP contribution >= 0.6 is 0 Å². The van der Waals surface area contributed by atoms with Crippen molar-refractivity contribution in [2.45, 2.75) is 19.4 Å². The Kier molecular flexibility index (Phi) is 5.63. The molecule has 6 nitrogen and oxygen atoms in total. The molecule has 1 fully saturated rings. The summed E-state index contributed by atoms with van der Waals surface area (Å²) in [4.78, 5) is 0. The van der Waals surface area contributed by atoms with Crippen molar-refractivity contribution in [1.82, 2.24) is 14.8 Å². The lowest BCUT2D eigenvalue weighted by atomic mass is 9.97. The maximum Gasteiger partial charge on any atom is 0.277 e. The summed E-state index contributed by atoms with van der Waals surface area (Å²) >= 11 is 0. The van der Waals surface area contributed by atoms with Crippen LogP contribution in [0.1, 0.15) is 13.3 Å². The van der Waals surface area contributed by atoms with Gasteiger partial charge in [-0.05, 0) is 25.4 Å². The van der Waals surface area contributed by atoms with Gasteiger partial charge in [-0.25, -0.2) is 0 Å². The molecule has 3 N–H and O–H groups in total. The van der Waals surface area contributed by atoms with Crippen molar-refractivity contribution in [3.05, 3.63) is 0 Å². The Morgan fingerprint density at radius 2 is 2.25 bits per heavy atom. The van der Waals surface area contributed by atoms with Crippen LogP contribution in [0.5, 0.6) is 0 Å². The molecule has 0 aromatic rings. The molecule has 2 atom stereocenters. The monoisotopic (exact) mass is 251 g/mol. The summed E-state index contributed by atoms with van der Waals surface area (Å²) in [7, 11) is -1.86. The lowest BCUT2D eigenvalue weighted by Gasteiger charge is -2.29. The van der Waals surface area contributed by atoms with Crippen LogP contribution in [0.4, 0.5) is 0 Å². The summed E-state index contributed by atoms with van der Waals surface area (Å²) < 4.78 is 33.1. The van der Waals surface area contributed by atoms with Crippen molar-refractivity contribution in [3.63, 3.8) is 0 Å². The van der Waals surface area contributed by atoms with Crippen molar-refractivity contribution in [2.75, 3.05) is 33.4 Å². The van der Waals surface area contributed by atoms with E-state index in [0.717, 1.165) is 19.5 Å². The first-order valence-electron chi connectivity index (χ1n) is 5.52. The molecular weight excluding hydrogens is 230 g/mol. The molecular formula is C9H21N3O3S. The molecule has 0 aliphatic carbocycles. The minimum atomic E-state index is -3.39. The van der Waals surface area contributed by atoms with Gasteiger partial charge in [0.2, 0.25) is 0 Å². The maximum absolute atomic E-state index is 11.6. The van der Waals surface area contributed by atoms with Crippen LogP contribution in [0.3, 0.4) is 0 Å². The van der Waals surface area contributed by atoms with Gasteiger partial charge in [0.05, 0.1) is 6.61 Å². The fourth-order valence-corrected chi connectivity index (χ4v) is 2.89. The van der Waals surface area contributed by atoms with Gasteiger partial charge in [0.1, 0.15) is 0 Å². The zero-order valence-electron chi connectivity index (χ0n) is 9.82. The second-order valence-electron chi connectivity index (χ2n) is 4.09. The van der Waals surface area contributed by atoms with Crippen molar-refractivity contribution < 1.29 is 13.2 Å². The molecule has 96 valence electrons. The molecule has 7 heteroatoms. The lowest BCUT2D eigenvalue weighted by molar-refractivity contribution is 0.204. The van der Waals surface area contributed by atoms with E-state index in [1.54, 1.807) is 0 Å². The summed E-state index contributed by atoms with van der Waals surface area (Å²) in [5.41, 5.74) is 0. The molecule has 16 heavy (non-hydrogen) atoms. The summed E-state index contributed by atoms with van der Waals surface area (Å²) in [5, 5.41) is 3.23. The Morgan fingerprint density at radius 3 is 2.88 bits per heavy atom. The molecule has 0 aromatic carbocycles. The first kappa shape index (κ1) is 13.9. The molecule has 2 unspecified atom stereocenters. The Hall–Kier alpha value is -0.210. The summed E-state index contributed by atoms with van der Waals surface area (Å²) in [6.45, 7) is 4.42. The van der Waals surface area contributed by atoms with Gasteiger partial charge >= 0.3 is 0 Å². The molecule has 0 radical (unpaired) electrons. The quantitative estimate of drug-likeness (QED) is 0.532. The SMILES string of the molecule is COCCNS(=O)(=O)NC1CCNCC1C. The smallest absolute Gasteiger partial charge is 0.277 e. The molecule has 0 saturated carbocycles. The second-order valence-corrected chi connectivity index (χ2v) is 5.62. The van der Waals surface area contributed by atoms with E-state index < -0.39 is 10.2 Å². The van der Waals surface area contributed by atoms with E-state index in [2.05, 4.69) is 14.8 Å². The second kappa shape index (κ2) is 6.51. The van der Waals surface area contributed by atoms with Crippen LogP contribution in [-0.2, 0) is 14.9 Å². The number of hydrogen-bond acceptors (Lipinski definition) is 4. The van der Waals surface area contributed by atoms with Crippen molar-refractivity contribution in [1.29, 1.82) is 0 Å². The predicted molar refractivity (Wildman–Crippen MR) is 62.4 cm³/mol. The highest BCUT2D eigenvalue weighted by Gasteiger charge is 2.25. The highest BCUT2D eigenvalue weighted by molar-refractivity contribution is 7.87. The third-order valence-electron chi connectivity index (χ3n) is 2.69. The van der Waals surface area contributed by atoms with Gasteiger partial charge in [0, 0.05) is 19.7 Å². The Labute approximate surface area is 97.3 Å². The Balaban J connectivity index is 2.38. The van der Waals surface area contributed by atoms with Crippen LogP contribution < -0.4 is 14.8 Å². The van der Waals surface area contributed by atoms with E-state index >= 15 is 0 Å². The topological polar surface area (TPSA) is 79.5 Å². The minimum absolute atomic E-state index is 0.0151. The standard InChI is InChI=1S/C9H21N3O3S/c1-8-7-10-4-3-9(8)12-16(13,14)11-5-6-15-2/h8-12H,3-7H2,1-2H3. The van der Waals surface area contributed by atoms with Gasteiger partial charge in [0.25, 0.3) is 10.2 Å². The van der Waals surface area contributed by atoms with E-state index in [-0.39, 0.29) is 6.04 Å². The fraction of sp³-hybridized carbons (Fsp3) is 1.00. The third kappa shape index (κ3) is 4.75. The summed E-state index contributed by atoms with van der Waals surface area (Å²) in [6.07, 6.45) is 0.826. The number of nitrogens with one attached hydrogen (secondary N) is 3. The molecule has 1 rings (SSSR count). The summed E-state index contributed by atoms with van der Waals surface area (Å²) in [5.74, 6) is 0.313. The third-order valence-corrected chi connectivity index (χ3v) is 3.89. The highest BCUT2D eigenvalue weighted by atomic mass is 32.2. The average molecular weight is 251 g/mol. The fourth-order valence-electron chi connectivity index (χ4n) is 1.71. The normalized spacial score (nSPS) is 26.9. The average Bonchev–Trinajstić information content (AvgIpc) is 2.21. The molecule has 1 heterocycles. The predicted octanol–water partition coefficient (Wildman–Crippen LogP) is -0.945. The highest BCUT2D eigenvalue weighted by Crippen LogP contribution is 2.10. The van der Waals surface area contributed by atoms with Crippen LogP contribution in [0.25, 0.3) is 0 Å². The lowest BCUT2D eigenvalue weighted by Crippen LogP contribution is -2.51. The van der Waals surface area contributed by atoms with Gasteiger partial charge in [-0.1, -0.05) is 6.92 Å². The van der Waals surface area contributed by atoms with Gasteiger partial charge in [-0.15, -0.1) is 0 Å². The van der Waals surface area contributed by atoms with Crippen LogP contribution in [0.2, 0.25) is 0 Å². The summed E-state index contributed by atoms with van der Waals surface area (Å²) in [6, 6.07) is 0.0151. The largest absolute Gasteiger partial charge is 0.383 e. The van der Waals surface area contributed by atoms with Gasteiger partial charge in [-0.3, -0.25) is 0 Å². The van der Waals surface area contributed by atoms with E-state index in [4.69, 9.17) is 4.74 Å². The van der Waals surface area contributed by atoms with E-state index in [1.165, 1.54) is 7.11 Å². The van der Waals surface area contributed by atoms with Crippen LogP contribution in [-0.4, -0.2) is 47.8 Å². The Morgan fingerprint density at radius 1 is 1.50 bits per heavy atom. The zero-order valence-corrected chi connectivity index (χ0v) is 10.6. The van der Waals surface area contributed by atoms with Crippen LogP contribution in [0.15, 0.2) is 0 Å². The van der Waals surface area contributed by atoms with Crippen LogP contribution in [0, 0.1) is 5.92 Å². The van der Waals surface area contributed by atoms with Crippen molar-refractivity contribution >= 4 is 10.2 Å². The first-order valence-corrected chi connectivity index (χ1v) is 7.00. The minimum Gasteiger partial charge on any atom is -0.383 e. The Bertz CT molecular complexity index is 294. The molecule has 0 aromatic heterocycles. The molecule has 1 aliphatic rings. The van der Waals surface area contributed by atoms with Crippen molar-refractivity contribution in [3.8, 4) is 0 Å². The zero-order chi connectivity index (χ0) is 12.0. The number of methoxy groups -OCH3 is 1. The van der Waals surface area contributed by atoms with Gasteiger partial charge in [-0.2, -0.15) is 17.9 Å². The number of rotatable bonds is 6. The molecule has 0 bridgehead atoms. The van der Waals surface area contributed by atoms with E-state index in [9.17, 15) is 8.42 Å². The molecule has 1 saturated heterocycles. The van der Waals surface area contributed by atoms with Crippen molar-refractivity contribution in [2.24, 2.45) is 5.92 Å². The van der Waals surface area contributed by atoms with Gasteiger partial charge in [0.15, 0.2) is 0 Å². The van der Waals surface area contributed by atoms with E-state index in [1.807, 2.05) is 6.92 Å². The first-order chi connectivity index (χ1) is 7.55. The molecule has 0 amide bonds. The number of ether oxygens (including phenoxy) is 1. The molecule has 1 aliphatic heterocycles. The number of hydrogen-bond donors (Lipinski definition) is 3.